The number of hydrogen-bond acceptors (Lipinski definition) is 11. The summed E-state index contributed by atoms with van der Waals surface area (Å²) in [5.74, 6) is 6.64. The summed E-state index contributed by atoms with van der Waals surface area (Å²) in [6, 6.07) is 3.82. The highest BCUT2D eigenvalue weighted by molar-refractivity contribution is 6.01. The molecular formula is C23H36N10O3. The van der Waals surface area contributed by atoms with E-state index in [4.69, 9.17) is 11.6 Å². The van der Waals surface area contributed by atoms with Crippen molar-refractivity contribution in [2.45, 2.75) is 32.7 Å². The zero-order valence-electron chi connectivity index (χ0n) is 20.9. The second-order valence-electron chi connectivity index (χ2n) is 8.61. The van der Waals surface area contributed by atoms with Crippen LogP contribution >= 0.6 is 0 Å². The molecule has 2 amide bonds. The van der Waals surface area contributed by atoms with Crippen molar-refractivity contribution in [3.05, 3.63) is 29.5 Å². The Morgan fingerprint density at radius 2 is 2.00 bits per heavy atom. The fraction of sp³-hybridized carbons (Fsp3) is 0.522. The van der Waals surface area contributed by atoms with E-state index in [2.05, 4.69) is 47.6 Å². The van der Waals surface area contributed by atoms with Gasteiger partial charge in [0.25, 0.3) is 0 Å². The van der Waals surface area contributed by atoms with Crippen LogP contribution in [0.2, 0.25) is 0 Å². The Kier molecular flexibility index (Phi) is 10.2. The van der Waals surface area contributed by atoms with Crippen LogP contribution in [0.15, 0.2) is 18.3 Å². The second-order valence-corrected chi connectivity index (χ2v) is 8.61. The number of unbranched alkanes of at least 4 members (excludes halogenated alkanes) is 1. The molecule has 13 heteroatoms. The fourth-order valence-corrected chi connectivity index (χ4v) is 3.67. The molecule has 36 heavy (non-hydrogen) atoms. The molecule has 1 aliphatic rings. The Hall–Kier alpha value is -3.55. The number of rotatable bonds is 15. The molecule has 0 atom stereocenters. The average Bonchev–Trinajstić information content (AvgIpc) is 3.16. The summed E-state index contributed by atoms with van der Waals surface area (Å²) in [7, 11) is 1.97. The number of anilines is 4. The summed E-state index contributed by atoms with van der Waals surface area (Å²) in [6.07, 6.45) is 3.99. The quantitative estimate of drug-likeness (QED) is 0.166. The van der Waals surface area contributed by atoms with Crippen LogP contribution in [0.1, 0.15) is 30.9 Å². The first-order valence-corrected chi connectivity index (χ1v) is 12.1. The van der Waals surface area contributed by atoms with E-state index in [0.29, 0.717) is 49.3 Å². The second kappa shape index (κ2) is 13.5. The molecule has 0 saturated heterocycles. The predicted molar refractivity (Wildman–Crippen MR) is 138 cm³/mol. The van der Waals surface area contributed by atoms with E-state index < -0.39 is 0 Å². The van der Waals surface area contributed by atoms with Gasteiger partial charge in [0.05, 0.1) is 13.0 Å². The Morgan fingerprint density at radius 1 is 1.19 bits per heavy atom. The van der Waals surface area contributed by atoms with Crippen molar-refractivity contribution >= 4 is 35.2 Å². The number of nitrogens with two attached hydrogens (primary N) is 2. The molecule has 2 aromatic heterocycles. The Labute approximate surface area is 210 Å². The number of nitrogen functional groups attached to an aromatic ring is 1. The monoisotopic (exact) mass is 500 g/mol. The number of nitrogens with zero attached hydrogens (tertiary/aromatic N) is 5. The maximum absolute atomic E-state index is 12.7. The zero-order chi connectivity index (χ0) is 25.9. The number of nitrogens with one attached hydrogen (secondary N) is 3. The summed E-state index contributed by atoms with van der Waals surface area (Å²) < 4.78 is 0. The number of amides is 2. The average molecular weight is 501 g/mol. The third kappa shape index (κ3) is 7.73. The van der Waals surface area contributed by atoms with Gasteiger partial charge in [-0.2, -0.15) is 9.97 Å². The van der Waals surface area contributed by atoms with Gasteiger partial charge >= 0.3 is 0 Å². The molecule has 0 fully saturated rings. The molecule has 3 rings (SSSR count). The number of carbonyl (C=O) groups excluding carboxylic acids is 2. The highest BCUT2D eigenvalue weighted by Gasteiger charge is 2.32. The maximum atomic E-state index is 12.7. The van der Waals surface area contributed by atoms with E-state index in [-0.39, 0.29) is 24.8 Å². The molecule has 196 valence electrons. The van der Waals surface area contributed by atoms with Gasteiger partial charge in [0.15, 0.2) is 0 Å². The van der Waals surface area contributed by atoms with Crippen LogP contribution in [0.3, 0.4) is 0 Å². The molecule has 7 N–H and O–H groups in total. The summed E-state index contributed by atoms with van der Waals surface area (Å²) in [5.41, 5.74) is 7.67. The lowest BCUT2D eigenvalue weighted by atomic mass is 10.2. The van der Waals surface area contributed by atoms with Crippen molar-refractivity contribution in [1.29, 1.82) is 0 Å². The molecule has 1 aliphatic heterocycles. The van der Waals surface area contributed by atoms with Crippen LogP contribution in [0.25, 0.3) is 0 Å². The van der Waals surface area contributed by atoms with E-state index in [1.165, 1.54) is 0 Å². The van der Waals surface area contributed by atoms with Crippen molar-refractivity contribution in [3.8, 4) is 0 Å². The number of fused-ring (bicyclic) bond motifs is 1. The molecule has 0 aromatic carbocycles. The van der Waals surface area contributed by atoms with E-state index >= 15 is 0 Å². The van der Waals surface area contributed by atoms with Gasteiger partial charge in [0.1, 0.15) is 24.1 Å². The SMILES string of the molecule is CCCCNc1nc(N)c2c(n1)N(Cc1ccc(NCCN(C)CCNC(=O)CON)nc1)C(=O)C2. The van der Waals surface area contributed by atoms with Gasteiger partial charge in [-0.05, 0) is 25.1 Å². The van der Waals surface area contributed by atoms with Crippen molar-refractivity contribution in [1.82, 2.24) is 25.2 Å². The lowest BCUT2D eigenvalue weighted by Crippen LogP contribution is -2.36. The zero-order valence-corrected chi connectivity index (χ0v) is 20.9. The first-order chi connectivity index (χ1) is 17.4. The minimum atomic E-state index is -0.243. The van der Waals surface area contributed by atoms with Crippen LogP contribution < -0.4 is 32.5 Å². The maximum Gasteiger partial charge on any atom is 0.248 e. The van der Waals surface area contributed by atoms with Crippen LogP contribution in [-0.2, 0) is 27.4 Å². The Morgan fingerprint density at radius 3 is 2.72 bits per heavy atom. The molecule has 0 spiro atoms. The summed E-state index contributed by atoms with van der Waals surface area (Å²) >= 11 is 0. The van der Waals surface area contributed by atoms with Crippen molar-refractivity contribution in [2.75, 3.05) is 67.6 Å². The molecule has 13 nitrogen and oxygen atoms in total. The van der Waals surface area contributed by atoms with Gasteiger partial charge in [0, 0.05) is 44.5 Å². The lowest BCUT2D eigenvalue weighted by molar-refractivity contribution is -0.125. The molecular weight excluding hydrogens is 464 g/mol. The summed E-state index contributed by atoms with van der Waals surface area (Å²) in [4.78, 5) is 45.4. The van der Waals surface area contributed by atoms with E-state index in [9.17, 15) is 9.59 Å². The van der Waals surface area contributed by atoms with Gasteiger partial charge < -0.3 is 26.6 Å². The largest absolute Gasteiger partial charge is 0.383 e. The minimum absolute atomic E-state index is 0.0614. The predicted octanol–water partition coefficient (Wildman–Crippen LogP) is 0.105. The molecule has 3 heterocycles. The van der Waals surface area contributed by atoms with Crippen molar-refractivity contribution in [2.24, 2.45) is 5.90 Å². The van der Waals surface area contributed by atoms with Crippen molar-refractivity contribution in [3.63, 3.8) is 0 Å². The van der Waals surface area contributed by atoms with Crippen LogP contribution in [0, 0.1) is 0 Å². The van der Waals surface area contributed by atoms with Gasteiger partial charge in [-0.1, -0.05) is 19.4 Å². The first-order valence-electron chi connectivity index (χ1n) is 12.1. The van der Waals surface area contributed by atoms with Gasteiger partial charge in [-0.3, -0.25) is 19.3 Å². The topological polar surface area (TPSA) is 177 Å². The third-order valence-corrected chi connectivity index (χ3v) is 5.71. The number of likely N-dealkylation sites (N-methyl/N-ethyl adjacent to an activating group) is 1. The van der Waals surface area contributed by atoms with Gasteiger partial charge in [0.2, 0.25) is 17.8 Å². The summed E-state index contributed by atoms with van der Waals surface area (Å²) in [5, 5.41) is 9.18. The van der Waals surface area contributed by atoms with E-state index in [1.807, 2.05) is 19.2 Å². The van der Waals surface area contributed by atoms with Crippen LogP contribution in [-0.4, -0.2) is 78.0 Å². The number of aromatic nitrogens is 3. The van der Waals surface area contributed by atoms with Crippen LogP contribution in [0.5, 0.6) is 0 Å². The molecule has 0 aliphatic carbocycles. The molecule has 0 saturated carbocycles. The smallest absolute Gasteiger partial charge is 0.248 e. The number of hydrogen-bond donors (Lipinski definition) is 5. The number of pyridine rings is 1. The molecule has 2 aromatic rings. The fourth-order valence-electron chi connectivity index (χ4n) is 3.67. The lowest BCUT2D eigenvalue weighted by Gasteiger charge is -2.18. The minimum Gasteiger partial charge on any atom is -0.383 e. The molecule has 0 unspecified atom stereocenters. The van der Waals surface area contributed by atoms with Crippen molar-refractivity contribution < 1.29 is 14.4 Å². The normalized spacial score (nSPS) is 12.7. The first kappa shape index (κ1) is 27.0. The summed E-state index contributed by atoms with van der Waals surface area (Å²) in [6.45, 7) is 5.72. The molecule has 0 bridgehead atoms. The third-order valence-electron chi connectivity index (χ3n) is 5.71. The highest BCUT2D eigenvalue weighted by atomic mass is 16.6. The van der Waals surface area contributed by atoms with E-state index in [0.717, 1.165) is 37.3 Å². The van der Waals surface area contributed by atoms with Crippen LogP contribution in [0.4, 0.5) is 23.4 Å². The van der Waals surface area contributed by atoms with Gasteiger partial charge in [-0.15, -0.1) is 0 Å². The highest BCUT2D eigenvalue weighted by Crippen LogP contribution is 2.32. The molecule has 0 radical (unpaired) electrons. The standard InChI is InChI=1S/C23H36N10O3/c1-3-4-7-28-23-30-21(24)17-12-20(35)33(22(17)31-23)14-16-5-6-18(29-13-16)26-8-10-32(2)11-9-27-19(34)15-36-25/h5-6,13H,3-4,7-12,14-15,25H2,1-2H3,(H,26,29)(H,27,34)(H3,24,28,30,31). The van der Waals surface area contributed by atoms with E-state index in [1.54, 1.807) is 11.1 Å². The Balaban J connectivity index is 1.49. The Bertz CT molecular complexity index is 1020. The number of carbonyl (C=O) groups is 2. The van der Waals surface area contributed by atoms with Gasteiger partial charge in [-0.25, -0.2) is 10.9 Å².